The van der Waals surface area contributed by atoms with Crippen LogP contribution in [0.3, 0.4) is 0 Å². The molecule has 27 heavy (non-hydrogen) atoms. The molecule has 0 saturated heterocycles. The Balaban J connectivity index is 1.54. The van der Waals surface area contributed by atoms with Gasteiger partial charge in [0.25, 0.3) is 5.91 Å². The van der Waals surface area contributed by atoms with Crippen LogP contribution in [0.4, 0.5) is 21.7 Å². The Labute approximate surface area is 160 Å². The van der Waals surface area contributed by atoms with Crippen molar-refractivity contribution < 1.29 is 9.18 Å². The van der Waals surface area contributed by atoms with Gasteiger partial charge in [-0.3, -0.25) is 4.79 Å². The van der Waals surface area contributed by atoms with Gasteiger partial charge in [0, 0.05) is 29.8 Å². The van der Waals surface area contributed by atoms with Crippen molar-refractivity contribution >= 4 is 34.8 Å². The fourth-order valence-electron chi connectivity index (χ4n) is 3.22. The van der Waals surface area contributed by atoms with Gasteiger partial charge in [-0.05, 0) is 43.2 Å². The van der Waals surface area contributed by atoms with Gasteiger partial charge in [-0.2, -0.15) is 0 Å². The van der Waals surface area contributed by atoms with E-state index < -0.39 is 5.82 Å². The highest BCUT2D eigenvalue weighted by molar-refractivity contribution is 6.31. The zero-order valence-corrected chi connectivity index (χ0v) is 15.2. The lowest BCUT2D eigenvalue weighted by Gasteiger charge is -2.22. The normalized spacial score (nSPS) is 15.5. The van der Waals surface area contributed by atoms with E-state index in [4.69, 9.17) is 11.6 Å². The lowest BCUT2D eigenvalue weighted by Crippen LogP contribution is -2.35. The van der Waals surface area contributed by atoms with Crippen molar-refractivity contribution in [2.45, 2.75) is 19.4 Å². The third-order valence-electron chi connectivity index (χ3n) is 4.50. The zero-order chi connectivity index (χ0) is 19.0. The molecule has 1 amide bonds. The van der Waals surface area contributed by atoms with E-state index >= 15 is 0 Å². The average Bonchev–Trinajstić information content (AvgIpc) is 3.00. The second-order valence-corrected chi connectivity index (χ2v) is 6.81. The zero-order valence-electron chi connectivity index (χ0n) is 14.5. The van der Waals surface area contributed by atoms with Crippen molar-refractivity contribution in [3.8, 4) is 0 Å². The van der Waals surface area contributed by atoms with Gasteiger partial charge in [0.15, 0.2) is 0 Å². The van der Waals surface area contributed by atoms with Crippen LogP contribution in [-0.2, 0) is 6.42 Å². The summed E-state index contributed by atoms with van der Waals surface area (Å²) in [5.41, 5.74) is 3.05. The number of nitrogens with zero attached hydrogens (tertiary/aromatic N) is 3. The topological polar surface area (TPSA) is 58.1 Å². The minimum Gasteiger partial charge on any atom is -0.324 e. The predicted molar refractivity (Wildman–Crippen MR) is 103 cm³/mol. The van der Waals surface area contributed by atoms with Crippen LogP contribution in [0, 0.1) is 5.82 Å². The quantitative estimate of drug-likeness (QED) is 0.719. The van der Waals surface area contributed by atoms with Gasteiger partial charge in [-0.25, -0.2) is 14.4 Å². The van der Waals surface area contributed by atoms with E-state index in [0.29, 0.717) is 17.2 Å². The van der Waals surface area contributed by atoms with Crippen molar-refractivity contribution in [2.24, 2.45) is 0 Å². The maximum absolute atomic E-state index is 13.2. The molecule has 1 aliphatic rings. The van der Waals surface area contributed by atoms with Gasteiger partial charge in [0.1, 0.15) is 5.82 Å². The molecule has 0 aliphatic carbocycles. The van der Waals surface area contributed by atoms with E-state index in [0.717, 1.165) is 17.7 Å². The largest absolute Gasteiger partial charge is 0.324 e. The van der Waals surface area contributed by atoms with Crippen molar-refractivity contribution in [1.82, 2.24) is 9.97 Å². The number of hydrogen-bond donors (Lipinski definition) is 1. The molecule has 4 rings (SSSR count). The summed E-state index contributed by atoms with van der Waals surface area (Å²) in [4.78, 5) is 23.1. The third-order valence-corrected chi connectivity index (χ3v) is 4.79. The third kappa shape index (κ3) is 3.36. The number of nitrogens with one attached hydrogen (secondary N) is 1. The summed E-state index contributed by atoms with van der Waals surface area (Å²) in [6, 6.07) is 12.2. The van der Waals surface area contributed by atoms with Crippen LogP contribution in [0.2, 0.25) is 5.02 Å². The number of aromatic nitrogens is 2. The molecule has 1 aliphatic heterocycles. The second kappa shape index (κ2) is 6.96. The molecule has 0 fully saturated rings. The predicted octanol–water partition coefficient (Wildman–Crippen LogP) is 4.60. The SMILES string of the molecule is CC1Cc2ccccc2N1C(=O)c1cnc(Nc2ccc(F)c(Cl)c2)nc1. The summed E-state index contributed by atoms with van der Waals surface area (Å²) in [7, 11) is 0. The molecular weight excluding hydrogens is 367 g/mol. The minimum atomic E-state index is -0.496. The highest BCUT2D eigenvalue weighted by Gasteiger charge is 2.31. The maximum atomic E-state index is 13.2. The highest BCUT2D eigenvalue weighted by atomic mass is 35.5. The molecule has 1 unspecified atom stereocenters. The summed E-state index contributed by atoms with van der Waals surface area (Å²) in [6.45, 7) is 2.02. The van der Waals surface area contributed by atoms with E-state index in [9.17, 15) is 9.18 Å². The van der Waals surface area contributed by atoms with Crippen LogP contribution in [-0.4, -0.2) is 21.9 Å². The Morgan fingerprint density at radius 3 is 2.70 bits per heavy atom. The molecule has 1 N–H and O–H groups in total. The number of fused-ring (bicyclic) bond motifs is 1. The Hall–Kier alpha value is -2.99. The Bertz CT molecular complexity index is 1010. The fourth-order valence-corrected chi connectivity index (χ4v) is 3.40. The molecule has 3 aromatic rings. The summed E-state index contributed by atoms with van der Waals surface area (Å²) in [6.07, 6.45) is 3.79. The van der Waals surface area contributed by atoms with Crippen molar-refractivity contribution in [1.29, 1.82) is 0 Å². The van der Waals surface area contributed by atoms with Crippen molar-refractivity contribution in [2.75, 3.05) is 10.2 Å². The van der Waals surface area contributed by atoms with Gasteiger partial charge in [0.2, 0.25) is 5.95 Å². The summed E-state index contributed by atoms with van der Waals surface area (Å²) >= 11 is 5.77. The van der Waals surface area contributed by atoms with Crippen LogP contribution < -0.4 is 10.2 Å². The van der Waals surface area contributed by atoms with E-state index in [2.05, 4.69) is 15.3 Å². The smallest absolute Gasteiger partial charge is 0.261 e. The molecule has 0 bridgehead atoms. The Kier molecular flexibility index (Phi) is 4.49. The van der Waals surface area contributed by atoms with Crippen LogP contribution in [0.1, 0.15) is 22.8 Å². The number of hydrogen-bond acceptors (Lipinski definition) is 4. The number of para-hydroxylation sites is 1. The van der Waals surface area contributed by atoms with Crippen LogP contribution in [0.25, 0.3) is 0 Å². The highest BCUT2D eigenvalue weighted by Crippen LogP contribution is 2.33. The minimum absolute atomic E-state index is 0.00786. The summed E-state index contributed by atoms with van der Waals surface area (Å²) < 4.78 is 13.2. The lowest BCUT2D eigenvalue weighted by molar-refractivity contribution is 0.0981. The van der Waals surface area contributed by atoms with Gasteiger partial charge in [-0.1, -0.05) is 29.8 Å². The first kappa shape index (κ1) is 17.4. The van der Waals surface area contributed by atoms with Crippen LogP contribution in [0.5, 0.6) is 0 Å². The van der Waals surface area contributed by atoms with Gasteiger partial charge >= 0.3 is 0 Å². The Morgan fingerprint density at radius 1 is 1.22 bits per heavy atom. The molecule has 0 saturated carbocycles. The van der Waals surface area contributed by atoms with Gasteiger partial charge < -0.3 is 10.2 Å². The number of halogens is 2. The van der Waals surface area contributed by atoms with E-state index in [-0.39, 0.29) is 17.0 Å². The first-order chi connectivity index (χ1) is 13.0. The summed E-state index contributed by atoms with van der Waals surface area (Å²) in [5.74, 6) is -0.336. The summed E-state index contributed by atoms with van der Waals surface area (Å²) in [5, 5.41) is 2.94. The van der Waals surface area contributed by atoms with E-state index in [1.165, 1.54) is 30.6 Å². The molecular formula is C20H16ClFN4O. The van der Waals surface area contributed by atoms with Gasteiger partial charge in [0.05, 0.1) is 10.6 Å². The monoisotopic (exact) mass is 382 g/mol. The van der Waals surface area contributed by atoms with Gasteiger partial charge in [-0.15, -0.1) is 0 Å². The molecule has 1 atom stereocenters. The molecule has 1 aromatic heterocycles. The Morgan fingerprint density at radius 2 is 1.96 bits per heavy atom. The number of carbonyl (C=O) groups is 1. The maximum Gasteiger partial charge on any atom is 0.261 e. The van der Waals surface area contributed by atoms with Crippen molar-refractivity contribution in [3.05, 3.63) is 76.8 Å². The van der Waals surface area contributed by atoms with Crippen LogP contribution in [0.15, 0.2) is 54.9 Å². The second-order valence-electron chi connectivity index (χ2n) is 6.41. The number of carbonyl (C=O) groups excluding carboxylic acids is 1. The average molecular weight is 383 g/mol. The van der Waals surface area contributed by atoms with Crippen molar-refractivity contribution in [3.63, 3.8) is 0 Å². The molecule has 2 aromatic carbocycles. The number of rotatable bonds is 3. The number of anilines is 3. The first-order valence-electron chi connectivity index (χ1n) is 8.48. The number of benzene rings is 2. The first-order valence-corrected chi connectivity index (χ1v) is 8.86. The lowest BCUT2D eigenvalue weighted by atomic mass is 10.1. The standard InChI is InChI=1S/C20H16ClFN4O/c1-12-8-13-4-2-3-5-18(13)26(12)19(27)14-10-23-20(24-11-14)25-15-6-7-17(22)16(21)9-15/h2-7,9-12H,8H2,1H3,(H,23,24,25). The molecule has 7 heteroatoms. The molecule has 0 radical (unpaired) electrons. The molecule has 0 spiro atoms. The molecule has 136 valence electrons. The van der Waals surface area contributed by atoms with Crippen LogP contribution >= 0.6 is 11.6 Å². The molecule has 2 heterocycles. The number of amides is 1. The fraction of sp³-hybridized carbons (Fsp3) is 0.150. The van der Waals surface area contributed by atoms with E-state index in [1.54, 1.807) is 4.90 Å². The molecule has 5 nitrogen and oxygen atoms in total. The van der Waals surface area contributed by atoms with E-state index in [1.807, 2.05) is 31.2 Å².